The molecule has 0 aliphatic heterocycles. The Morgan fingerprint density at radius 3 is 2.77 bits per heavy atom. The SMILES string of the molecule is COC(=O)C1(F)C2CC(O)C(=O)C21. The number of ether oxygens (including phenoxy) is 1. The number of esters is 1. The first kappa shape index (κ1) is 8.62. The van der Waals surface area contributed by atoms with E-state index >= 15 is 0 Å². The molecule has 0 heterocycles. The van der Waals surface area contributed by atoms with Gasteiger partial charge in [0.2, 0.25) is 5.67 Å². The fourth-order valence-corrected chi connectivity index (χ4v) is 2.14. The van der Waals surface area contributed by atoms with Gasteiger partial charge in [-0.25, -0.2) is 9.18 Å². The van der Waals surface area contributed by atoms with Gasteiger partial charge < -0.3 is 9.84 Å². The number of Topliss-reactive ketones (excluding diaryl/α,β-unsaturated/α-hetero) is 1. The maximum absolute atomic E-state index is 13.6. The van der Waals surface area contributed by atoms with Crippen LogP contribution in [0.2, 0.25) is 0 Å². The van der Waals surface area contributed by atoms with E-state index in [2.05, 4.69) is 4.74 Å². The first-order valence-corrected chi connectivity index (χ1v) is 4.02. The van der Waals surface area contributed by atoms with Crippen molar-refractivity contribution in [3.8, 4) is 0 Å². The molecule has 2 fully saturated rings. The third-order valence-corrected chi connectivity index (χ3v) is 2.90. The monoisotopic (exact) mass is 188 g/mol. The largest absolute Gasteiger partial charge is 0.467 e. The number of hydrogen-bond donors (Lipinski definition) is 1. The highest BCUT2D eigenvalue weighted by Crippen LogP contribution is 2.61. The molecule has 5 heteroatoms. The van der Waals surface area contributed by atoms with Gasteiger partial charge in [-0.2, -0.15) is 0 Å². The summed E-state index contributed by atoms with van der Waals surface area (Å²) in [5.74, 6) is -3.20. The smallest absolute Gasteiger partial charge is 0.344 e. The van der Waals surface area contributed by atoms with Crippen LogP contribution >= 0.6 is 0 Å². The minimum absolute atomic E-state index is 0.0368. The molecule has 1 N–H and O–H groups in total. The summed E-state index contributed by atoms with van der Waals surface area (Å²) in [5.41, 5.74) is -2.15. The summed E-state index contributed by atoms with van der Waals surface area (Å²) in [6.07, 6.45) is -1.06. The van der Waals surface area contributed by atoms with E-state index in [-0.39, 0.29) is 6.42 Å². The Labute approximate surface area is 73.7 Å². The van der Waals surface area contributed by atoms with E-state index in [1.165, 1.54) is 0 Å². The van der Waals surface area contributed by atoms with Crippen molar-refractivity contribution in [2.24, 2.45) is 11.8 Å². The summed E-state index contributed by atoms with van der Waals surface area (Å²) in [5, 5.41) is 9.02. The molecule has 0 spiro atoms. The summed E-state index contributed by atoms with van der Waals surface area (Å²) < 4.78 is 17.9. The van der Waals surface area contributed by atoms with Gasteiger partial charge in [0.1, 0.15) is 6.10 Å². The summed E-state index contributed by atoms with van der Waals surface area (Å²) >= 11 is 0. The van der Waals surface area contributed by atoms with Gasteiger partial charge >= 0.3 is 5.97 Å². The van der Waals surface area contributed by atoms with Gasteiger partial charge in [0.05, 0.1) is 13.0 Å². The molecule has 0 saturated heterocycles. The molecule has 4 nitrogen and oxygen atoms in total. The Morgan fingerprint density at radius 2 is 2.38 bits per heavy atom. The average Bonchev–Trinajstić information content (AvgIpc) is 2.56. The predicted octanol–water partition coefficient (Wildman–Crippen LogP) is -0.553. The van der Waals surface area contributed by atoms with Crippen molar-refractivity contribution in [1.82, 2.24) is 0 Å². The summed E-state index contributed by atoms with van der Waals surface area (Å²) in [4.78, 5) is 22.0. The van der Waals surface area contributed by atoms with Gasteiger partial charge in [0.15, 0.2) is 5.78 Å². The molecule has 4 atom stereocenters. The lowest BCUT2D eigenvalue weighted by atomic mass is 10.1. The number of carbonyl (C=O) groups excluding carboxylic acids is 2. The van der Waals surface area contributed by atoms with Crippen LogP contribution in [0.3, 0.4) is 0 Å². The predicted molar refractivity (Wildman–Crippen MR) is 38.5 cm³/mol. The Bertz CT molecular complexity index is 288. The van der Waals surface area contributed by atoms with Crippen molar-refractivity contribution in [2.75, 3.05) is 7.11 Å². The van der Waals surface area contributed by atoms with Crippen molar-refractivity contribution in [3.05, 3.63) is 0 Å². The van der Waals surface area contributed by atoms with E-state index in [9.17, 15) is 14.0 Å². The van der Waals surface area contributed by atoms with Gasteiger partial charge in [-0.05, 0) is 6.42 Å². The molecule has 2 aliphatic carbocycles. The number of ketones is 1. The lowest BCUT2D eigenvalue weighted by Crippen LogP contribution is -2.32. The summed E-state index contributed by atoms with van der Waals surface area (Å²) in [6, 6.07) is 0. The minimum Gasteiger partial charge on any atom is -0.467 e. The highest BCUT2D eigenvalue weighted by molar-refractivity contribution is 6.02. The fraction of sp³-hybridized carbons (Fsp3) is 0.750. The molecule has 0 amide bonds. The van der Waals surface area contributed by atoms with Gasteiger partial charge in [-0.3, -0.25) is 4.79 Å². The third-order valence-electron chi connectivity index (χ3n) is 2.90. The number of methoxy groups -OCH3 is 1. The standard InChI is InChI=1S/C8H9FO4/c1-13-7(12)8(9)3-2-4(10)6(11)5(3)8/h3-5,10H,2H2,1H3. The third kappa shape index (κ3) is 0.824. The molecule has 2 aliphatic rings. The van der Waals surface area contributed by atoms with Gasteiger partial charge in [-0.1, -0.05) is 0 Å². The Hall–Kier alpha value is -0.970. The van der Waals surface area contributed by atoms with Crippen LogP contribution in [0.1, 0.15) is 6.42 Å². The molecule has 72 valence electrons. The number of alkyl halides is 1. The number of aliphatic hydroxyl groups excluding tert-OH is 1. The van der Waals surface area contributed by atoms with E-state index in [4.69, 9.17) is 5.11 Å². The van der Waals surface area contributed by atoms with Crippen LogP contribution in [0.25, 0.3) is 0 Å². The zero-order chi connectivity index (χ0) is 9.80. The van der Waals surface area contributed by atoms with Crippen LogP contribution in [-0.4, -0.2) is 35.7 Å². The van der Waals surface area contributed by atoms with Crippen LogP contribution in [0.4, 0.5) is 4.39 Å². The second-order valence-electron chi connectivity index (χ2n) is 3.50. The van der Waals surface area contributed by atoms with E-state index in [1.807, 2.05) is 0 Å². The lowest BCUT2D eigenvalue weighted by molar-refractivity contribution is -0.152. The number of halogens is 1. The molecular formula is C8H9FO4. The van der Waals surface area contributed by atoms with Crippen LogP contribution in [0, 0.1) is 11.8 Å². The quantitative estimate of drug-likeness (QED) is 0.560. The fourth-order valence-electron chi connectivity index (χ4n) is 2.14. The maximum atomic E-state index is 13.6. The normalized spacial score (nSPS) is 47.3. The van der Waals surface area contributed by atoms with Crippen molar-refractivity contribution < 1.29 is 23.8 Å². The molecule has 2 rings (SSSR count). The van der Waals surface area contributed by atoms with Gasteiger partial charge in [0.25, 0.3) is 0 Å². The zero-order valence-corrected chi connectivity index (χ0v) is 6.99. The van der Waals surface area contributed by atoms with Crippen LogP contribution in [-0.2, 0) is 14.3 Å². The average molecular weight is 188 g/mol. The van der Waals surface area contributed by atoms with Crippen LogP contribution in [0.15, 0.2) is 0 Å². The van der Waals surface area contributed by atoms with Crippen molar-refractivity contribution in [1.29, 1.82) is 0 Å². The first-order valence-electron chi connectivity index (χ1n) is 4.02. The summed E-state index contributed by atoms with van der Waals surface area (Å²) in [6.45, 7) is 0. The molecule has 2 saturated carbocycles. The Kier molecular flexibility index (Phi) is 1.52. The topological polar surface area (TPSA) is 63.6 Å². The van der Waals surface area contributed by atoms with Gasteiger partial charge in [-0.15, -0.1) is 0 Å². The molecule has 4 unspecified atom stereocenters. The van der Waals surface area contributed by atoms with E-state index < -0.39 is 35.4 Å². The first-order chi connectivity index (χ1) is 6.03. The number of carbonyl (C=O) groups is 2. The van der Waals surface area contributed by atoms with Crippen molar-refractivity contribution in [3.63, 3.8) is 0 Å². The highest BCUT2D eigenvalue weighted by atomic mass is 19.1. The zero-order valence-electron chi connectivity index (χ0n) is 6.99. The highest BCUT2D eigenvalue weighted by Gasteiger charge is 2.79. The van der Waals surface area contributed by atoms with Crippen molar-refractivity contribution in [2.45, 2.75) is 18.2 Å². The summed E-state index contributed by atoms with van der Waals surface area (Å²) in [7, 11) is 1.08. The molecule has 13 heavy (non-hydrogen) atoms. The molecule has 0 radical (unpaired) electrons. The molecule has 0 aromatic carbocycles. The maximum Gasteiger partial charge on any atom is 0.344 e. The minimum atomic E-state index is -2.15. The Balaban J connectivity index is 2.18. The number of fused-ring (bicyclic) bond motifs is 1. The number of aliphatic hydroxyl groups is 1. The van der Waals surface area contributed by atoms with E-state index in [1.54, 1.807) is 0 Å². The lowest BCUT2D eigenvalue weighted by Gasteiger charge is -2.10. The van der Waals surface area contributed by atoms with E-state index in [0.717, 1.165) is 7.11 Å². The molecular weight excluding hydrogens is 179 g/mol. The van der Waals surface area contributed by atoms with Crippen molar-refractivity contribution >= 4 is 11.8 Å². The van der Waals surface area contributed by atoms with E-state index in [0.29, 0.717) is 0 Å². The van der Waals surface area contributed by atoms with Crippen LogP contribution in [0.5, 0.6) is 0 Å². The molecule has 0 aromatic rings. The number of hydrogen-bond acceptors (Lipinski definition) is 4. The van der Waals surface area contributed by atoms with Gasteiger partial charge in [0, 0.05) is 5.92 Å². The second-order valence-corrected chi connectivity index (χ2v) is 3.50. The molecule has 0 aromatic heterocycles. The van der Waals surface area contributed by atoms with Crippen LogP contribution < -0.4 is 0 Å². The molecule has 0 bridgehead atoms. The second kappa shape index (κ2) is 2.29. The number of rotatable bonds is 1. The Morgan fingerprint density at radius 1 is 1.77 bits per heavy atom.